The summed E-state index contributed by atoms with van der Waals surface area (Å²) in [5.74, 6) is 0.567. The lowest BCUT2D eigenvalue weighted by Gasteiger charge is -2.26. The van der Waals surface area contributed by atoms with Crippen molar-refractivity contribution < 1.29 is 17.9 Å². The molecule has 9 heteroatoms. The van der Waals surface area contributed by atoms with E-state index in [0.717, 1.165) is 50.5 Å². The zero-order valence-corrected chi connectivity index (χ0v) is 20.5. The van der Waals surface area contributed by atoms with Crippen LogP contribution < -0.4 is 10.6 Å². The molecule has 0 bridgehead atoms. The van der Waals surface area contributed by atoms with Gasteiger partial charge in [0.1, 0.15) is 0 Å². The van der Waals surface area contributed by atoms with E-state index >= 15 is 0 Å². The molecule has 0 saturated carbocycles. The second-order valence-corrected chi connectivity index (χ2v) is 7.45. The summed E-state index contributed by atoms with van der Waals surface area (Å²) in [6, 6.07) is 13.7. The summed E-state index contributed by atoms with van der Waals surface area (Å²) in [4.78, 5) is 6.80. The molecule has 2 N–H and O–H groups in total. The molecule has 0 amide bonds. The van der Waals surface area contributed by atoms with Crippen LogP contribution in [0.5, 0.6) is 0 Å². The van der Waals surface area contributed by atoms with E-state index < -0.39 is 11.7 Å². The van der Waals surface area contributed by atoms with Gasteiger partial charge in [0, 0.05) is 32.7 Å². The SMILES string of the molecule is CCNC(=NCc1cccc(C(F)(F)F)c1)NCc1ccc(CN2CCOCC2)cc1.I. The topological polar surface area (TPSA) is 48.9 Å². The molecule has 176 valence electrons. The zero-order chi connectivity index (χ0) is 22.1. The van der Waals surface area contributed by atoms with Crippen LogP contribution in [-0.2, 0) is 30.5 Å². The number of nitrogens with one attached hydrogen (secondary N) is 2. The molecule has 0 unspecified atom stereocenters. The third-order valence-corrected chi connectivity index (χ3v) is 5.01. The molecule has 1 saturated heterocycles. The molecule has 5 nitrogen and oxygen atoms in total. The molecule has 2 aromatic carbocycles. The summed E-state index contributed by atoms with van der Waals surface area (Å²) in [7, 11) is 0. The fourth-order valence-corrected chi connectivity index (χ4v) is 3.32. The Labute approximate surface area is 204 Å². The van der Waals surface area contributed by atoms with E-state index in [9.17, 15) is 13.2 Å². The molecule has 0 atom stereocenters. The molecule has 0 aromatic heterocycles. The molecule has 3 rings (SSSR count). The van der Waals surface area contributed by atoms with Crippen LogP contribution in [0.15, 0.2) is 53.5 Å². The van der Waals surface area contributed by atoms with Crippen molar-refractivity contribution in [3.8, 4) is 0 Å². The quantitative estimate of drug-likeness (QED) is 0.299. The van der Waals surface area contributed by atoms with Gasteiger partial charge in [-0.1, -0.05) is 36.4 Å². The van der Waals surface area contributed by atoms with Gasteiger partial charge in [-0.05, 0) is 35.7 Å². The Balaban J connectivity index is 0.00000363. The Morgan fingerprint density at radius 3 is 2.34 bits per heavy atom. The minimum atomic E-state index is -4.35. The Morgan fingerprint density at radius 2 is 1.69 bits per heavy atom. The van der Waals surface area contributed by atoms with Crippen LogP contribution in [0, 0.1) is 0 Å². The number of guanidine groups is 1. The van der Waals surface area contributed by atoms with E-state index in [2.05, 4.69) is 44.8 Å². The summed E-state index contributed by atoms with van der Waals surface area (Å²) in [6.45, 7) is 7.75. The van der Waals surface area contributed by atoms with E-state index in [1.165, 1.54) is 11.6 Å². The number of morpholine rings is 1. The second kappa shape index (κ2) is 13.0. The Kier molecular flexibility index (Phi) is 10.7. The number of halogens is 4. The van der Waals surface area contributed by atoms with Gasteiger partial charge in [0.25, 0.3) is 0 Å². The standard InChI is InChI=1S/C23H29F3N4O.HI/c1-2-27-22(29-16-20-4-3-5-21(14-20)23(24,25)26)28-15-18-6-8-19(9-7-18)17-30-10-12-31-13-11-30;/h3-9,14H,2,10-13,15-17H2,1H3,(H2,27,28,29);1H. The molecular weight excluding hydrogens is 532 g/mol. The van der Waals surface area contributed by atoms with Gasteiger partial charge in [-0.15, -0.1) is 24.0 Å². The Morgan fingerprint density at radius 1 is 1.00 bits per heavy atom. The molecule has 32 heavy (non-hydrogen) atoms. The summed E-state index contributed by atoms with van der Waals surface area (Å²) in [6.07, 6.45) is -4.35. The lowest BCUT2D eigenvalue weighted by atomic mass is 10.1. The van der Waals surface area contributed by atoms with Gasteiger partial charge in [0.2, 0.25) is 0 Å². The molecule has 0 spiro atoms. The van der Waals surface area contributed by atoms with Crippen LogP contribution in [0.3, 0.4) is 0 Å². The second-order valence-electron chi connectivity index (χ2n) is 7.45. The number of ether oxygens (including phenoxy) is 1. The minimum Gasteiger partial charge on any atom is -0.379 e. The lowest BCUT2D eigenvalue weighted by molar-refractivity contribution is -0.137. The van der Waals surface area contributed by atoms with Crippen LogP contribution in [0.2, 0.25) is 0 Å². The first-order chi connectivity index (χ1) is 14.9. The third kappa shape index (κ3) is 8.59. The van der Waals surface area contributed by atoms with Crippen LogP contribution >= 0.6 is 24.0 Å². The van der Waals surface area contributed by atoms with Crippen molar-refractivity contribution in [3.63, 3.8) is 0 Å². The number of nitrogens with zero attached hydrogens (tertiary/aromatic N) is 2. The number of hydrogen-bond acceptors (Lipinski definition) is 3. The normalized spacial score (nSPS) is 15.2. The smallest absolute Gasteiger partial charge is 0.379 e. The average molecular weight is 562 g/mol. The van der Waals surface area contributed by atoms with E-state index in [0.29, 0.717) is 24.6 Å². The van der Waals surface area contributed by atoms with Gasteiger partial charge >= 0.3 is 6.18 Å². The molecule has 1 aliphatic heterocycles. The maximum absolute atomic E-state index is 12.9. The average Bonchev–Trinajstić information content (AvgIpc) is 2.77. The molecular formula is C23H30F3IN4O. The van der Waals surface area contributed by atoms with Gasteiger partial charge in [-0.3, -0.25) is 4.90 Å². The number of aliphatic imine (C=N–C) groups is 1. The lowest BCUT2D eigenvalue weighted by Crippen LogP contribution is -2.36. The first kappa shape index (κ1) is 26.4. The van der Waals surface area contributed by atoms with Crippen molar-refractivity contribution in [1.82, 2.24) is 15.5 Å². The van der Waals surface area contributed by atoms with Gasteiger partial charge in [0.15, 0.2) is 5.96 Å². The maximum Gasteiger partial charge on any atom is 0.416 e. The molecule has 1 heterocycles. The first-order valence-corrected chi connectivity index (χ1v) is 10.5. The monoisotopic (exact) mass is 562 g/mol. The highest BCUT2D eigenvalue weighted by Gasteiger charge is 2.30. The van der Waals surface area contributed by atoms with Gasteiger partial charge in [-0.25, -0.2) is 4.99 Å². The van der Waals surface area contributed by atoms with Crippen molar-refractivity contribution in [3.05, 3.63) is 70.8 Å². The fourth-order valence-electron chi connectivity index (χ4n) is 3.32. The Hall–Kier alpha value is -1.85. The molecule has 0 aliphatic carbocycles. The summed E-state index contributed by atoms with van der Waals surface area (Å²) >= 11 is 0. The fraction of sp³-hybridized carbons (Fsp3) is 0.435. The van der Waals surface area contributed by atoms with Crippen LogP contribution in [-0.4, -0.2) is 43.7 Å². The summed E-state index contributed by atoms with van der Waals surface area (Å²) in [5, 5.41) is 6.37. The predicted molar refractivity (Wildman–Crippen MR) is 131 cm³/mol. The highest BCUT2D eigenvalue weighted by atomic mass is 127. The zero-order valence-electron chi connectivity index (χ0n) is 18.1. The number of hydrogen-bond donors (Lipinski definition) is 2. The highest BCUT2D eigenvalue weighted by molar-refractivity contribution is 14.0. The van der Waals surface area contributed by atoms with Crippen LogP contribution in [0.25, 0.3) is 0 Å². The van der Waals surface area contributed by atoms with E-state index in [1.54, 1.807) is 6.07 Å². The summed E-state index contributed by atoms with van der Waals surface area (Å²) < 4.78 is 44.0. The number of rotatable bonds is 7. The third-order valence-electron chi connectivity index (χ3n) is 5.01. The van der Waals surface area contributed by atoms with Crippen LogP contribution in [0.4, 0.5) is 13.2 Å². The van der Waals surface area contributed by atoms with Crippen molar-refractivity contribution in [2.24, 2.45) is 4.99 Å². The summed E-state index contributed by atoms with van der Waals surface area (Å²) in [5.41, 5.74) is 2.22. The highest BCUT2D eigenvalue weighted by Crippen LogP contribution is 2.29. The van der Waals surface area contributed by atoms with Crippen molar-refractivity contribution >= 4 is 29.9 Å². The van der Waals surface area contributed by atoms with Crippen LogP contribution in [0.1, 0.15) is 29.2 Å². The van der Waals surface area contributed by atoms with Crippen molar-refractivity contribution in [1.29, 1.82) is 0 Å². The van der Waals surface area contributed by atoms with E-state index in [4.69, 9.17) is 4.74 Å². The van der Waals surface area contributed by atoms with Gasteiger partial charge in [0.05, 0.1) is 25.3 Å². The maximum atomic E-state index is 12.9. The molecule has 2 aromatic rings. The first-order valence-electron chi connectivity index (χ1n) is 10.5. The predicted octanol–water partition coefficient (Wildman–Crippen LogP) is 4.41. The van der Waals surface area contributed by atoms with E-state index in [-0.39, 0.29) is 30.5 Å². The molecule has 1 aliphatic rings. The number of benzene rings is 2. The Bertz CT molecular complexity index is 853. The molecule has 0 radical (unpaired) electrons. The number of alkyl halides is 3. The minimum absolute atomic E-state index is 0. The van der Waals surface area contributed by atoms with Crippen molar-refractivity contribution in [2.45, 2.75) is 32.7 Å². The van der Waals surface area contributed by atoms with E-state index in [1.807, 2.05) is 6.92 Å². The largest absolute Gasteiger partial charge is 0.416 e. The van der Waals surface area contributed by atoms with Gasteiger partial charge < -0.3 is 15.4 Å². The van der Waals surface area contributed by atoms with Gasteiger partial charge in [-0.2, -0.15) is 13.2 Å². The molecule has 1 fully saturated rings. The van der Waals surface area contributed by atoms with Crippen molar-refractivity contribution in [2.75, 3.05) is 32.8 Å².